The van der Waals surface area contributed by atoms with Gasteiger partial charge >= 0.3 is 6.03 Å². The summed E-state index contributed by atoms with van der Waals surface area (Å²) < 4.78 is 39.1. The maximum Gasteiger partial charge on any atom is 0.319 e. The number of methoxy groups -OCH3 is 1. The second kappa shape index (κ2) is 11.9. The molecule has 2 aromatic rings. The van der Waals surface area contributed by atoms with Gasteiger partial charge in [0.15, 0.2) is 0 Å². The van der Waals surface area contributed by atoms with Gasteiger partial charge in [-0.05, 0) is 61.6 Å². The van der Waals surface area contributed by atoms with Gasteiger partial charge in [-0.2, -0.15) is 0 Å². The summed E-state index contributed by atoms with van der Waals surface area (Å²) in [6, 6.07) is 9.19. The summed E-state index contributed by atoms with van der Waals surface area (Å²) in [6.07, 6.45) is 6.61. The molecule has 1 saturated carbocycles. The Labute approximate surface area is 189 Å². The fraction of sp³-hybridized carbons (Fsp3) is 0.455. The number of hydrogen-bond acceptors (Lipinski definition) is 6. The van der Waals surface area contributed by atoms with E-state index in [2.05, 4.69) is 20.3 Å². The topological polar surface area (TPSA) is 119 Å². The van der Waals surface area contributed by atoms with Crippen LogP contribution in [0.2, 0.25) is 0 Å². The molecule has 1 aromatic heterocycles. The number of benzene rings is 1. The molecule has 2 unspecified atom stereocenters. The van der Waals surface area contributed by atoms with Crippen LogP contribution in [0.5, 0.6) is 0 Å². The van der Waals surface area contributed by atoms with E-state index in [1.54, 1.807) is 37.7 Å². The van der Waals surface area contributed by atoms with Gasteiger partial charge in [-0.3, -0.25) is 4.98 Å². The molecular formula is C22H30N4O5S. The smallest absolute Gasteiger partial charge is 0.319 e. The first-order valence-corrected chi connectivity index (χ1v) is 12.1. The zero-order valence-electron chi connectivity index (χ0n) is 18.1. The average molecular weight is 463 g/mol. The minimum Gasteiger partial charge on any atom is -0.382 e. The fourth-order valence-electron chi connectivity index (χ4n) is 3.57. The number of carbonyl (C=O) groups excluding carboxylic acids is 1. The highest BCUT2D eigenvalue weighted by atomic mass is 32.2. The summed E-state index contributed by atoms with van der Waals surface area (Å²) in [5, 5.41) is 5.42. The number of carbonyl (C=O) groups is 1. The number of ether oxygens (including phenoxy) is 2. The Balaban J connectivity index is 1.50. The largest absolute Gasteiger partial charge is 0.382 e. The standard InChI is InChI=1S/C22H30N4O5S/c1-30-12-13-31-20-6-2-5-19(14-20)26-32(28,29)21-9-7-18(8-10-21)25-22(27)24-16-17-4-3-11-23-15-17/h3-4,7-11,15,19-20,26H,2,5-6,12-14,16H2,1H3,(H2,24,25,27). The highest BCUT2D eigenvalue weighted by Gasteiger charge is 2.27. The number of nitrogens with one attached hydrogen (secondary N) is 3. The van der Waals surface area contributed by atoms with Gasteiger partial charge in [-0.1, -0.05) is 6.07 Å². The Hall–Kier alpha value is -2.53. The molecule has 1 fully saturated rings. The van der Waals surface area contributed by atoms with E-state index < -0.39 is 10.0 Å². The molecule has 0 aliphatic heterocycles. The number of anilines is 1. The van der Waals surface area contributed by atoms with Crippen molar-refractivity contribution in [1.82, 2.24) is 15.0 Å². The maximum absolute atomic E-state index is 12.8. The first-order valence-electron chi connectivity index (χ1n) is 10.6. The van der Waals surface area contributed by atoms with E-state index in [0.717, 1.165) is 24.8 Å². The lowest BCUT2D eigenvalue weighted by molar-refractivity contribution is -0.00477. The molecule has 9 nitrogen and oxygen atoms in total. The maximum atomic E-state index is 12.8. The second-order valence-electron chi connectivity index (χ2n) is 7.66. The Morgan fingerprint density at radius 3 is 2.69 bits per heavy atom. The number of aromatic nitrogens is 1. The summed E-state index contributed by atoms with van der Waals surface area (Å²) in [6.45, 7) is 1.37. The van der Waals surface area contributed by atoms with E-state index >= 15 is 0 Å². The second-order valence-corrected chi connectivity index (χ2v) is 9.38. The van der Waals surface area contributed by atoms with Crippen LogP contribution in [0.3, 0.4) is 0 Å². The normalized spacial score (nSPS) is 18.8. The molecular weight excluding hydrogens is 432 g/mol. The molecule has 0 radical (unpaired) electrons. The Morgan fingerprint density at radius 2 is 1.97 bits per heavy atom. The summed E-state index contributed by atoms with van der Waals surface area (Å²) in [7, 11) is -2.04. The lowest BCUT2D eigenvalue weighted by atomic mass is 9.93. The summed E-state index contributed by atoms with van der Waals surface area (Å²) in [4.78, 5) is 16.2. The molecule has 0 spiro atoms. The van der Waals surface area contributed by atoms with E-state index in [9.17, 15) is 13.2 Å². The predicted octanol–water partition coefficient (Wildman–Crippen LogP) is 2.66. The number of hydrogen-bond donors (Lipinski definition) is 3. The summed E-state index contributed by atoms with van der Waals surface area (Å²) >= 11 is 0. The van der Waals surface area contributed by atoms with Gasteiger partial charge in [0, 0.05) is 37.8 Å². The van der Waals surface area contributed by atoms with E-state index in [1.165, 1.54) is 12.1 Å². The third kappa shape index (κ3) is 7.56. The van der Waals surface area contributed by atoms with E-state index in [0.29, 0.717) is 31.9 Å². The highest BCUT2D eigenvalue weighted by Crippen LogP contribution is 2.23. The lowest BCUT2D eigenvalue weighted by Crippen LogP contribution is -2.40. The van der Waals surface area contributed by atoms with Crippen molar-refractivity contribution in [2.24, 2.45) is 0 Å². The minimum absolute atomic E-state index is 0.0309. The van der Waals surface area contributed by atoms with E-state index in [1.807, 2.05) is 6.07 Å². The van der Waals surface area contributed by atoms with Crippen molar-refractivity contribution in [1.29, 1.82) is 0 Å². The number of rotatable bonds is 10. The third-order valence-corrected chi connectivity index (χ3v) is 6.72. The van der Waals surface area contributed by atoms with Crippen molar-refractivity contribution >= 4 is 21.7 Å². The minimum atomic E-state index is -3.67. The molecule has 2 amide bonds. The molecule has 3 N–H and O–H groups in total. The van der Waals surface area contributed by atoms with Gasteiger partial charge in [0.05, 0.1) is 24.2 Å². The molecule has 1 aromatic carbocycles. The van der Waals surface area contributed by atoms with Crippen LogP contribution in [0.1, 0.15) is 31.2 Å². The van der Waals surface area contributed by atoms with Gasteiger partial charge in [0.25, 0.3) is 0 Å². The zero-order chi connectivity index (χ0) is 22.8. The molecule has 0 saturated heterocycles. The number of amides is 2. The van der Waals surface area contributed by atoms with Crippen molar-refractivity contribution < 1.29 is 22.7 Å². The highest BCUT2D eigenvalue weighted by molar-refractivity contribution is 7.89. The molecule has 2 atom stereocenters. The zero-order valence-corrected chi connectivity index (χ0v) is 18.9. The van der Waals surface area contributed by atoms with Crippen LogP contribution >= 0.6 is 0 Å². The van der Waals surface area contributed by atoms with Gasteiger partial charge in [0.1, 0.15) is 0 Å². The van der Waals surface area contributed by atoms with Crippen molar-refractivity contribution in [2.75, 3.05) is 25.6 Å². The van der Waals surface area contributed by atoms with Crippen LogP contribution in [0.25, 0.3) is 0 Å². The van der Waals surface area contributed by atoms with Crippen molar-refractivity contribution in [2.45, 2.75) is 49.3 Å². The summed E-state index contributed by atoms with van der Waals surface area (Å²) in [5.74, 6) is 0. The van der Waals surface area contributed by atoms with Crippen LogP contribution in [0, 0.1) is 0 Å². The SMILES string of the molecule is COCCOC1CCCC(NS(=O)(=O)c2ccc(NC(=O)NCc3cccnc3)cc2)C1. The number of nitrogens with zero attached hydrogens (tertiary/aromatic N) is 1. The number of pyridine rings is 1. The van der Waals surface area contributed by atoms with Gasteiger partial charge in [-0.25, -0.2) is 17.9 Å². The molecule has 174 valence electrons. The summed E-state index contributed by atoms with van der Waals surface area (Å²) in [5.41, 5.74) is 1.38. The van der Waals surface area contributed by atoms with Crippen LogP contribution in [0.15, 0.2) is 53.7 Å². The average Bonchev–Trinajstić information content (AvgIpc) is 2.79. The molecule has 10 heteroatoms. The van der Waals surface area contributed by atoms with E-state index in [4.69, 9.17) is 9.47 Å². The van der Waals surface area contributed by atoms with Gasteiger partial charge in [0.2, 0.25) is 10.0 Å². The van der Waals surface area contributed by atoms with Crippen molar-refractivity contribution in [3.8, 4) is 0 Å². The van der Waals surface area contributed by atoms with Crippen LogP contribution in [0.4, 0.5) is 10.5 Å². The molecule has 32 heavy (non-hydrogen) atoms. The quantitative estimate of drug-likeness (QED) is 0.467. The van der Waals surface area contributed by atoms with Crippen molar-refractivity contribution in [3.05, 3.63) is 54.4 Å². The van der Waals surface area contributed by atoms with Crippen LogP contribution in [-0.4, -0.2) is 51.9 Å². The van der Waals surface area contributed by atoms with Crippen molar-refractivity contribution in [3.63, 3.8) is 0 Å². The van der Waals surface area contributed by atoms with Gasteiger partial charge < -0.3 is 20.1 Å². The third-order valence-electron chi connectivity index (χ3n) is 5.19. The number of urea groups is 1. The van der Waals surface area contributed by atoms with Gasteiger partial charge in [-0.15, -0.1) is 0 Å². The molecule has 1 heterocycles. The monoisotopic (exact) mass is 462 g/mol. The molecule has 0 bridgehead atoms. The first kappa shape index (κ1) is 24.1. The molecule has 1 aliphatic rings. The lowest BCUT2D eigenvalue weighted by Gasteiger charge is -2.29. The first-order chi connectivity index (χ1) is 15.5. The predicted molar refractivity (Wildman–Crippen MR) is 121 cm³/mol. The Kier molecular flexibility index (Phi) is 8.98. The molecule has 1 aliphatic carbocycles. The number of sulfonamides is 1. The molecule has 3 rings (SSSR count). The van der Waals surface area contributed by atoms with E-state index in [-0.39, 0.29) is 23.1 Å². The van der Waals surface area contributed by atoms with Crippen LogP contribution in [-0.2, 0) is 26.0 Å². The Morgan fingerprint density at radius 1 is 1.16 bits per heavy atom. The Bertz CT molecular complexity index is 954. The fourth-order valence-corrected chi connectivity index (χ4v) is 4.85. The van der Waals surface area contributed by atoms with Crippen LogP contribution < -0.4 is 15.4 Å².